The van der Waals surface area contributed by atoms with E-state index in [9.17, 15) is 18.0 Å². The number of hydrogen-bond donors (Lipinski definition) is 2. The van der Waals surface area contributed by atoms with Gasteiger partial charge in [-0.05, 0) is 43.7 Å². The van der Waals surface area contributed by atoms with Crippen LogP contribution in [0.4, 0.5) is 24.1 Å². The summed E-state index contributed by atoms with van der Waals surface area (Å²) in [6.07, 6.45) is -3.43. The zero-order valence-electron chi connectivity index (χ0n) is 16.0. The number of rotatable bonds is 7. The molecule has 0 saturated heterocycles. The van der Waals surface area contributed by atoms with E-state index in [0.29, 0.717) is 10.9 Å². The zero-order valence-corrected chi connectivity index (χ0v) is 16.8. The van der Waals surface area contributed by atoms with Gasteiger partial charge in [0.05, 0.1) is 17.2 Å². The van der Waals surface area contributed by atoms with Crippen LogP contribution in [0.5, 0.6) is 5.75 Å². The molecular formula is C19H18F3N5O2S. The monoisotopic (exact) mass is 437 g/mol. The first kappa shape index (κ1) is 21.5. The van der Waals surface area contributed by atoms with Gasteiger partial charge in [0.15, 0.2) is 0 Å². The summed E-state index contributed by atoms with van der Waals surface area (Å²) in [5, 5.41) is 13.1. The fourth-order valence-corrected chi connectivity index (χ4v) is 2.97. The molecule has 158 valence electrons. The lowest BCUT2D eigenvalue weighted by Gasteiger charge is -2.17. The SMILES string of the molecule is CC(C)Oc1ccc(CNc2ccc(C(=O)Nc3nncs3)cn2)c(C(F)(F)F)c1. The van der Waals surface area contributed by atoms with Gasteiger partial charge in [0, 0.05) is 12.7 Å². The van der Waals surface area contributed by atoms with E-state index in [1.165, 1.54) is 47.3 Å². The molecule has 1 amide bonds. The van der Waals surface area contributed by atoms with E-state index in [4.69, 9.17) is 4.74 Å². The molecule has 0 atom stereocenters. The molecule has 1 aromatic carbocycles. The average Bonchev–Trinajstić information content (AvgIpc) is 3.19. The van der Waals surface area contributed by atoms with Gasteiger partial charge in [-0.25, -0.2) is 4.98 Å². The Morgan fingerprint density at radius 2 is 2.03 bits per heavy atom. The molecule has 0 aliphatic heterocycles. The molecule has 0 aliphatic rings. The van der Waals surface area contributed by atoms with Gasteiger partial charge in [0.25, 0.3) is 5.91 Å². The van der Waals surface area contributed by atoms with Gasteiger partial charge < -0.3 is 10.1 Å². The van der Waals surface area contributed by atoms with Crippen LogP contribution in [0.3, 0.4) is 0 Å². The van der Waals surface area contributed by atoms with Crippen LogP contribution in [0.15, 0.2) is 42.0 Å². The number of ether oxygens (including phenoxy) is 1. The molecule has 0 bridgehead atoms. The van der Waals surface area contributed by atoms with Gasteiger partial charge in [-0.3, -0.25) is 10.1 Å². The van der Waals surface area contributed by atoms with Crippen molar-refractivity contribution in [1.82, 2.24) is 15.2 Å². The first-order valence-corrected chi connectivity index (χ1v) is 9.74. The summed E-state index contributed by atoms with van der Waals surface area (Å²) in [5.41, 5.74) is 1.04. The van der Waals surface area contributed by atoms with Crippen LogP contribution in [0.25, 0.3) is 0 Å². The second-order valence-electron chi connectivity index (χ2n) is 6.47. The van der Waals surface area contributed by atoms with Crippen molar-refractivity contribution in [3.8, 4) is 5.75 Å². The normalized spacial score (nSPS) is 11.4. The highest BCUT2D eigenvalue weighted by Gasteiger charge is 2.33. The number of anilines is 2. The third kappa shape index (κ3) is 5.66. The molecule has 0 aliphatic carbocycles. The molecule has 11 heteroatoms. The predicted molar refractivity (Wildman–Crippen MR) is 107 cm³/mol. The molecule has 3 aromatic rings. The molecule has 30 heavy (non-hydrogen) atoms. The lowest BCUT2D eigenvalue weighted by molar-refractivity contribution is -0.138. The van der Waals surface area contributed by atoms with E-state index in [-0.39, 0.29) is 29.5 Å². The Bertz CT molecular complexity index is 992. The van der Waals surface area contributed by atoms with Crippen molar-refractivity contribution in [3.05, 3.63) is 58.7 Å². The summed E-state index contributed by atoms with van der Waals surface area (Å²) in [7, 11) is 0. The number of amides is 1. The van der Waals surface area contributed by atoms with Crippen molar-refractivity contribution >= 4 is 28.2 Å². The molecule has 7 nitrogen and oxygen atoms in total. The van der Waals surface area contributed by atoms with Crippen molar-refractivity contribution in [3.63, 3.8) is 0 Å². The van der Waals surface area contributed by atoms with E-state index in [0.717, 1.165) is 6.07 Å². The highest BCUT2D eigenvalue weighted by Crippen LogP contribution is 2.35. The summed E-state index contributed by atoms with van der Waals surface area (Å²) < 4.78 is 45.7. The summed E-state index contributed by atoms with van der Waals surface area (Å²) in [6, 6.07) is 6.89. The van der Waals surface area contributed by atoms with Gasteiger partial charge in [0.1, 0.15) is 17.1 Å². The number of pyridine rings is 1. The van der Waals surface area contributed by atoms with Gasteiger partial charge in [-0.1, -0.05) is 17.4 Å². The number of alkyl halides is 3. The molecular weight excluding hydrogens is 419 g/mol. The molecule has 0 radical (unpaired) electrons. The van der Waals surface area contributed by atoms with Crippen LogP contribution in [-0.4, -0.2) is 27.2 Å². The number of nitrogens with zero attached hydrogens (tertiary/aromatic N) is 3. The van der Waals surface area contributed by atoms with Crippen LogP contribution in [0.1, 0.15) is 35.3 Å². The Kier molecular flexibility index (Phi) is 6.50. The van der Waals surface area contributed by atoms with Gasteiger partial charge in [0.2, 0.25) is 5.13 Å². The molecule has 0 spiro atoms. The van der Waals surface area contributed by atoms with E-state index < -0.39 is 17.6 Å². The van der Waals surface area contributed by atoms with Crippen molar-refractivity contribution in [1.29, 1.82) is 0 Å². The van der Waals surface area contributed by atoms with Gasteiger partial charge in [-0.15, -0.1) is 10.2 Å². The minimum absolute atomic E-state index is 0.0542. The molecule has 0 unspecified atom stereocenters. The van der Waals surface area contributed by atoms with Gasteiger partial charge >= 0.3 is 6.18 Å². The van der Waals surface area contributed by atoms with E-state index >= 15 is 0 Å². The van der Waals surface area contributed by atoms with Crippen LogP contribution < -0.4 is 15.4 Å². The average molecular weight is 437 g/mol. The van der Waals surface area contributed by atoms with Crippen LogP contribution in [0.2, 0.25) is 0 Å². The lowest BCUT2D eigenvalue weighted by atomic mass is 10.1. The molecule has 2 heterocycles. The number of nitrogens with one attached hydrogen (secondary N) is 2. The fraction of sp³-hybridized carbons (Fsp3) is 0.263. The van der Waals surface area contributed by atoms with Crippen molar-refractivity contribution in [2.75, 3.05) is 10.6 Å². The minimum atomic E-state index is -4.52. The summed E-state index contributed by atoms with van der Waals surface area (Å²) in [6.45, 7) is 3.39. The first-order chi connectivity index (χ1) is 14.2. The minimum Gasteiger partial charge on any atom is -0.491 e. The lowest BCUT2D eigenvalue weighted by Crippen LogP contribution is -2.14. The number of benzene rings is 1. The van der Waals surface area contributed by atoms with Crippen molar-refractivity contribution in [2.24, 2.45) is 0 Å². The molecule has 3 rings (SSSR count). The van der Waals surface area contributed by atoms with Crippen molar-refractivity contribution in [2.45, 2.75) is 32.7 Å². The quantitative estimate of drug-likeness (QED) is 0.562. The topological polar surface area (TPSA) is 89.0 Å². The maximum absolute atomic E-state index is 13.4. The molecule has 0 fully saturated rings. The second-order valence-corrected chi connectivity index (χ2v) is 7.30. The molecule has 2 N–H and O–H groups in total. The Morgan fingerprint density at radius 3 is 2.63 bits per heavy atom. The standard InChI is InChI=1S/C19H18F3N5O2S/c1-11(2)29-14-5-3-12(15(7-14)19(20,21)22)8-23-16-6-4-13(9-24-16)17(28)26-18-27-25-10-30-18/h3-7,9-11H,8H2,1-2H3,(H,23,24)(H,26,27,28). The zero-order chi connectivity index (χ0) is 21.7. The van der Waals surface area contributed by atoms with E-state index in [1.54, 1.807) is 13.8 Å². The van der Waals surface area contributed by atoms with E-state index in [2.05, 4.69) is 25.8 Å². The number of carbonyl (C=O) groups excluding carboxylic acids is 1. The van der Waals surface area contributed by atoms with Crippen molar-refractivity contribution < 1.29 is 22.7 Å². The number of aromatic nitrogens is 3. The maximum Gasteiger partial charge on any atom is 0.416 e. The summed E-state index contributed by atoms with van der Waals surface area (Å²) >= 11 is 1.17. The highest BCUT2D eigenvalue weighted by molar-refractivity contribution is 7.13. The number of hydrogen-bond acceptors (Lipinski definition) is 7. The Labute approximate surface area is 174 Å². The number of carbonyl (C=O) groups is 1. The third-order valence-electron chi connectivity index (χ3n) is 3.82. The van der Waals surface area contributed by atoms with Crippen LogP contribution in [-0.2, 0) is 12.7 Å². The third-order valence-corrected chi connectivity index (χ3v) is 4.43. The first-order valence-electron chi connectivity index (χ1n) is 8.86. The smallest absolute Gasteiger partial charge is 0.416 e. The second kappa shape index (κ2) is 9.08. The Balaban J connectivity index is 1.68. The molecule has 0 saturated carbocycles. The predicted octanol–water partition coefficient (Wildman–Crippen LogP) is 4.60. The number of halogens is 3. The molecule has 2 aromatic heterocycles. The van der Waals surface area contributed by atoms with Gasteiger partial charge in [-0.2, -0.15) is 13.2 Å². The van der Waals surface area contributed by atoms with Crippen LogP contribution >= 0.6 is 11.3 Å². The van der Waals surface area contributed by atoms with Crippen LogP contribution in [0, 0.1) is 0 Å². The van der Waals surface area contributed by atoms with E-state index in [1.807, 2.05) is 0 Å². The fourth-order valence-electron chi connectivity index (χ4n) is 2.53. The summed E-state index contributed by atoms with van der Waals surface area (Å²) in [4.78, 5) is 16.2. The largest absolute Gasteiger partial charge is 0.491 e. The Morgan fingerprint density at radius 1 is 1.23 bits per heavy atom. The maximum atomic E-state index is 13.4. The Hall–Kier alpha value is -3.21. The summed E-state index contributed by atoms with van der Waals surface area (Å²) in [5.74, 6) is 0.0778. The highest BCUT2D eigenvalue weighted by atomic mass is 32.1.